The first kappa shape index (κ1) is 19.0. The molecule has 0 aromatic heterocycles. The predicted octanol–water partition coefficient (Wildman–Crippen LogP) is 1.19. The van der Waals surface area contributed by atoms with Crippen molar-refractivity contribution in [1.29, 1.82) is 0 Å². The SMILES string of the molecule is Cc1cccc(OS(=O)(=O)NC(=O)OC[C@H]2CCC[NH+]3CCCC[C@H]23)c1. The number of ether oxygens (including phenoxy) is 1. The van der Waals surface area contributed by atoms with Crippen molar-refractivity contribution in [3.05, 3.63) is 29.8 Å². The Balaban J connectivity index is 1.50. The molecule has 3 rings (SSSR count). The average Bonchev–Trinajstić information content (AvgIpc) is 2.59. The van der Waals surface area contributed by atoms with Gasteiger partial charge in [-0.2, -0.15) is 13.1 Å². The third-order valence-corrected chi connectivity index (χ3v) is 6.09. The quantitative estimate of drug-likeness (QED) is 0.798. The molecule has 0 saturated carbocycles. The van der Waals surface area contributed by atoms with Crippen molar-refractivity contribution in [2.24, 2.45) is 5.92 Å². The first-order valence-corrected chi connectivity index (χ1v) is 10.6. The Bertz CT molecular complexity index is 735. The van der Waals surface area contributed by atoms with Crippen LogP contribution in [0.1, 0.15) is 37.7 Å². The van der Waals surface area contributed by atoms with Crippen LogP contribution in [0.3, 0.4) is 0 Å². The van der Waals surface area contributed by atoms with Crippen LogP contribution >= 0.6 is 0 Å². The summed E-state index contributed by atoms with van der Waals surface area (Å²) < 4.78 is 35.8. The minimum Gasteiger partial charge on any atom is -0.448 e. The molecule has 2 saturated heterocycles. The molecule has 2 heterocycles. The summed E-state index contributed by atoms with van der Waals surface area (Å²) in [5.41, 5.74) is 0.858. The molecular weight excluding hydrogens is 356 g/mol. The van der Waals surface area contributed by atoms with Crippen molar-refractivity contribution in [3.63, 3.8) is 0 Å². The Labute approximate surface area is 154 Å². The number of rotatable bonds is 5. The number of fused-ring (bicyclic) bond motifs is 1. The standard InChI is InChI=1S/C18H26N2O5S/c1-14-6-4-8-16(12-14)25-26(22,23)19-18(21)24-13-15-7-5-11-20-10-3-2-9-17(15)20/h4,6,8,12,15,17H,2-3,5,7,9-11,13H2,1H3,(H,19,21)/p+1/t15-,17-/m1/s1. The van der Waals surface area contributed by atoms with E-state index in [4.69, 9.17) is 8.92 Å². The Hall–Kier alpha value is -1.80. The zero-order valence-corrected chi connectivity index (χ0v) is 15.9. The molecule has 1 aromatic rings. The van der Waals surface area contributed by atoms with Gasteiger partial charge >= 0.3 is 16.4 Å². The van der Waals surface area contributed by atoms with Gasteiger partial charge in [0.25, 0.3) is 0 Å². The van der Waals surface area contributed by atoms with Crippen molar-refractivity contribution in [1.82, 2.24) is 4.72 Å². The molecule has 8 heteroatoms. The van der Waals surface area contributed by atoms with E-state index in [9.17, 15) is 13.2 Å². The lowest BCUT2D eigenvalue weighted by Crippen LogP contribution is -3.18. The monoisotopic (exact) mass is 383 g/mol. The summed E-state index contributed by atoms with van der Waals surface area (Å²) >= 11 is 0. The number of piperidine rings is 2. The molecule has 0 aliphatic carbocycles. The summed E-state index contributed by atoms with van der Waals surface area (Å²) in [6, 6.07) is 7.11. The zero-order chi connectivity index (χ0) is 18.6. The number of aryl methyl sites for hydroxylation is 1. The largest absolute Gasteiger partial charge is 0.448 e. The summed E-state index contributed by atoms with van der Waals surface area (Å²) in [5, 5.41) is 0. The lowest BCUT2D eigenvalue weighted by atomic mass is 9.84. The molecule has 3 atom stereocenters. The Morgan fingerprint density at radius 1 is 1.23 bits per heavy atom. The normalized spacial score (nSPS) is 25.8. The lowest BCUT2D eigenvalue weighted by molar-refractivity contribution is -0.940. The van der Waals surface area contributed by atoms with Crippen LogP contribution in [0.2, 0.25) is 0 Å². The first-order chi connectivity index (χ1) is 12.4. The van der Waals surface area contributed by atoms with Crippen LogP contribution in [0, 0.1) is 12.8 Å². The number of quaternary nitrogens is 1. The first-order valence-electron chi connectivity index (χ1n) is 9.23. The highest BCUT2D eigenvalue weighted by molar-refractivity contribution is 7.85. The molecule has 1 unspecified atom stereocenters. The minimum atomic E-state index is -4.26. The Morgan fingerprint density at radius 3 is 2.85 bits per heavy atom. The number of carbonyl (C=O) groups is 1. The fourth-order valence-electron chi connectivity index (χ4n) is 4.11. The second-order valence-corrected chi connectivity index (χ2v) is 8.50. The summed E-state index contributed by atoms with van der Waals surface area (Å²) in [4.78, 5) is 13.5. The van der Waals surface area contributed by atoms with Crippen molar-refractivity contribution < 1.29 is 27.0 Å². The summed E-state index contributed by atoms with van der Waals surface area (Å²) in [6.07, 6.45) is 4.79. The minimum absolute atomic E-state index is 0.152. The smallest absolute Gasteiger partial charge is 0.423 e. The maximum absolute atomic E-state index is 12.0. The van der Waals surface area contributed by atoms with Crippen LogP contribution in [0.25, 0.3) is 0 Å². The maximum atomic E-state index is 12.0. The molecule has 2 N–H and O–H groups in total. The van der Waals surface area contributed by atoms with Gasteiger partial charge in [-0.05, 0) is 56.7 Å². The van der Waals surface area contributed by atoms with Crippen molar-refractivity contribution in [2.45, 2.75) is 45.1 Å². The maximum Gasteiger partial charge on any atom is 0.423 e. The molecule has 2 fully saturated rings. The molecule has 2 aliphatic heterocycles. The van der Waals surface area contributed by atoms with Gasteiger partial charge in [-0.1, -0.05) is 12.1 Å². The molecule has 1 aromatic carbocycles. The van der Waals surface area contributed by atoms with Gasteiger partial charge in [0.2, 0.25) is 0 Å². The van der Waals surface area contributed by atoms with Crippen LogP contribution in [0.5, 0.6) is 5.75 Å². The molecule has 0 radical (unpaired) electrons. The van der Waals surface area contributed by atoms with Gasteiger partial charge in [0.1, 0.15) is 12.4 Å². The molecular formula is C18H27N2O5S+. The van der Waals surface area contributed by atoms with E-state index in [1.54, 1.807) is 17.0 Å². The number of carbonyl (C=O) groups excluding carboxylic acids is 1. The van der Waals surface area contributed by atoms with Crippen LogP contribution in [-0.4, -0.2) is 40.2 Å². The second kappa shape index (κ2) is 8.26. The van der Waals surface area contributed by atoms with Gasteiger partial charge in [-0.25, -0.2) is 4.79 Å². The highest BCUT2D eigenvalue weighted by Gasteiger charge is 2.37. The fraction of sp³-hybridized carbons (Fsp3) is 0.611. The highest BCUT2D eigenvalue weighted by atomic mass is 32.2. The van der Waals surface area contributed by atoms with Crippen molar-refractivity contribution in [3.8, 4) is 5.75 Å². The van der Waals surface area contributed by atoms with Crippen LogP contribution in [0.15, 0.2) is 24.3 Å². The number of nitrogens with one attached hydrogen (secondary N) is 2. The second-order valence-electron chi connectivity index (χ2n) is 7.22. The van der Waals surface area contributed by atoms with Gasteiger partial charge in [0.05, 0.1) is 19.1 Å². The topological polar surface area (TPSA) is 86.1 Å². The number of amides is 1. The van der Waals surface area contributed by atoms with E-state index >= 15 is 0 Å². The summed E-state index contributed by atoms with van der Waals surface area (Å²) in [7, 11) is -4.26. The van der Waals surface area contributed by atoms with Gasteiger partial charge in [-0.3, -0.25) is 0 Å². The van der Waals surface area contributed by atoms with E-state index in [0.717, 1.165) is 24.8 Å². The Morgan fingerprint density at radius 2 is 2.04 bits per heavy atom. The van der Waals surface area contributed by atoms with E-state index < -0.39 is 16.4 Å². The van der Waals surface area contributed by atoms with Crippen LogP contribution < -0.4 is 13.8 Å². The molecule has 2 aliphatic rings. The van der Waals surface area contributed by atoms with E-state index in [1.165, 1.54) is 32.0 Å². The summed E-state index contributed by atoms with van der Waals surface area (Å²) in [5.74, 6) is 0.448. The molecule has 26 heavy (non-hydrogen) atoms. The van der Waals surface area contributed by atoms with Gasteiger partial charge in [-0.15, -0.1) is 0 Å². The molecule has 0 bridgehead atoms. The van der Waals surface area contributed by atoms with Crippen molar-refractivity contribution in [2.75, 3.05) is 19.7 Å². The number of hydrogen-bond donors (Lipinski definition) is 2. The van der Waals surface area contributed by atoms with Crippen molar-refractivity contribution >= 4 is 16.4 Å². The van der Waals surface area contributed by atoms with E-state index in [-0.39, 0.29) is 12.4 Å². The van der Waals surface area contributed by atoms with Gasteiger partial charge in [0.15, 0.2) is 0 Å². The average molecular weight is 383 g/mol. The predicted molar refractivity (Wildman–Crippen MR) is 96.3 cm³/mol. The molecule has 1 amide bonds. The van der Waals surface area contributed by atoms with Gasteiger partial charge < -0.3 is 13.8 Å². The van der Waals surface area contributed by atoms with Crippen LogP contribution in [0.4, 0.5) is 4.79 Å². The Kier molecular flexibility index (Phi) is 6.03. The molecule has 7 nitrogen and oxygen atoms in total. The highest BCUT2D eigenvalue weighted by Crippen LogP contribution is 2.20. The van der Waals surface area contributed by atoms with E-state index in [0.29, 0.717) is 12.0 Å². The van der Waals surface area contributed by atoms with Crippen LogP contribution in [-0.2, 0) is 15.0 Å². The molecule has 144 valence electrons. The zero-order valence-electron chi connectivity index (χ0n) is 15.1. The number of hydrogen-bond acceptors (Lipinski definition) is 5. The lowest BCUT2D eigenvalue weighted by Gasteiger charge is -2.40. The fourth-order valence-corrected chi connectivity index (χ4v) is 4.77. The van der Waals surface area contributed by atoms with E-state index in [1.807, 2.05) is 17.7 Å². The third kappa shape index (κ3) is 5.11. The van der Waals surface area contributed by atoms with E-state index in [2.05, 4.69) is 0 Å². The summed E-state index contributed by atoms with van der Waals surface area (Å²) in [6.45, 7) is 4.44. The van der Waals surface area contributed by atoms with Gasteiger partial charge in [0, 0.05) is 5.92 Å². The third-order valence-electron chi connectivity index (χ3n) is 5.26. The number of benzene rings is 1. The molecule has 0 spiro atoms.